The number of aliphatic hydroxyl groups is 1. The molecular weight excluding hydrogens is 290 g/mol. The molecule has 0 unspecified atom stereocenters. The van der Waals surface area contributed by atoms with E-state index in [0.29, 0.717) is 12.0 Å². The second-order valence-corrected chi connectivity index (χ2v) is 7.72. The van der Waals surface area contributed by atoms with E-state index in [4.69, 9.17) is 5.11 Å². The van der Waals surface area contributed by atoms with Crippen LogP contribution < -0.4 is 4.31 Å². The van der Waals surface area contributed by atoms with Crippen molar-refractivity contribution in [3.63, 3.8) is 0 Å². The van der Waals surface area contributed by atoms with Crippen LogP contribution in [0.2, 0.25) is 0 Å². The lowest BCUT2D eigenvalue weighted by molar-refractivity contribution is -0.120. The number of carbonyl (C=O) groups excluding carboxylic acids is 1. The summed E-state index contributed by atoms with van der Waals surface area (Å²) in [6.45, 7) is 4.54. The predicted molar refractivity (Wildman–Crippen MR) is 80.2 cm³/mol. The maximum absolute atomic E-state index is 12.3. The molecule has 6 heteroatoms. The van der Waals surface area contributed by atoms with Crippen molar-refractivity contribution in [3.8, 4) is 11.8 Å². The van der Waals surface area contributed by atoms with Crippen molar-refractivity contribution in [3.05, 3.63) is 29.3 Å². The fourth-order valence-corrected chi connectivity index (χ4v) is 3.51. The molecule has 1 aromatic carbocycles. The Morgan fingerprint density at radius 2 is 2.00 bits per heavy atom. The summed E-state index contributed by atoms with van der Waals surface area (Å²) in [5.74, 6) is 5.09. The topological polar surface area (TPSA) is 74.7 Å². The van der Waals surface area contributed by atoms with Gasteiger partial charge in [-0.1, -0.05) is 17.9 Å². The van der Waals surface area contributed by atoms with Gasteiger partial charge < -0.3 is 5.11 Å². The fourth-order valence-electron chi connectivity index (χ4n) is 2.02. The quantitative estimate of drug-likeness (QED) is 0.833. The van der Waals surface area contributed by atoms with E-state index < -0.39 is 20.7 Å². The van der Waals surface area contributed by atoms with Crippen LogP contribution in [0, 0.1) is 18.8 Å². The second-order valence-electron chi connectivity index (χ2n) is 5.38. The first-order chi connectivity index (χ1) is 9.73. The molecule has 1 N–H and O–H groups in total. The van der Waals surface area contributed by atoms with Crippen LogP contribution in [0.5, 0.6) is 0 Å². The summed E-state index contributed by atoms with van der Waals surface area (Å²) in [5.41, 5.74) is 1.58. The summed E-state index contributed by atoms with van der Waals surface area (Å²) in [6.07, 6.45) is 0.291. The van der Waals surface area contributed by atoms with Crippen molar-refractivity contribution >= 4 is 21.6 Å². The highest BCUT2D eigenvalue weighted by molar-refractivity contribution is 7.98. The zero-order valence-corrected chi connectivity index (χ0v) is 13.0. The van der Waals surface area contributed by atoms with Crippen LogP contribution in [0.3, 0.4) is 0 Å². The van der Waals surface area contributed by atoms with Gasteiger partial charge >= 0.3 is 0 Å². The molecule has 0 aromatic heterocycles. The van der Waals surface area contributed by atoms with E-state index in [1.807, 2.05) is 6.92 Å². The highest BCUT2D eigenvalue weighted by atomic mass is 32.2. The summed E-state index contributed by atoms with van der Waals surface area (Å²) >= 11 is 0. The zero-order chi connectivity index (χ0) is 15.8. The Hall–Kier alpha value is -1.84. The van der Waals surface area contributed by atoms with E-state index in [-0.39, 0.29) is 12.3 Å². The first kappa shape index (κ1) is 15.5. The molecule has 0 aliphatic carbocycles. The minimum absolute atomic E-state index is 0.0673. The summed E-state index contributed by atoms with van der Waals surface area (Å²) < 4.78 is 24.0. The molecule has 0 radical (unpaired) electrons. The molecule has 1 fully saturated rings. The second kappa shape index (κ2) is 5.17. The minimum atomic E-state index is -3.71. The smallest absolute Gasteiger partial charge is 0.263 e. The first-order valence-electron chi connectivity index (χ1n) is 6.53. The third-order valence-electron chi connectivity index (χ3n) is 3.42. The molecule has 1 saturated heterocycles. The van der Waals surface area contributed by atoms with Gasteiger partial charge in [0, 0.05) is 12.0 Å². The summed E-state index contributed by atoms with van der Waals surface area (Å²) in [6, 6.07) is 5.12. The molecule has 0 bridgehead atoms. The molecule has 5 nitrogen and oxygen atoms in total. The van der Waals surface area contributed by atoms with Gasteiger partial charge in [-0.2, -0.15) is 0 Å². The lowest BCUT2D eigenvalue weighted by atomic mass is 10.1. The Labute approximate surface area is 124 Å². The van der Waals surface area contributed by atoms with Crippen LogP contribution in [0.25, 0.3) is 0 Å². The van der Waals surface area contributed by atoms with Gasteiger partial charge in [-0.3, -0.25) is 4.79 Å². The van der Waals surface area contributed by atoms with Gasteiger partial charge in [0.2, 0.25) is 0 Å². The molecule has 1 amide bonds. The van der Waals surface area contributed by atoms with E-state index >= 15 is 0 Å². The fraction of sp³-hybridized carbons (Fsp3) is 0.400. The van der Waals surface area contributed by atoms with Gasteiger partial charge in [0.1, 0.15) is 0 Å². The Morgan fingerprint density at radius 1 is 1.33 bits per heavy atom. The summed E-state index contributed by atoms with van der Waals surface area (Å²) in [7, 11) is -3.71. The molecule has 1 aromatic rings. The number of carbonyl (C=O) groups is 1. The van der Waals surface area contributed by atoms with Crippen molar-refractivity contribution in [2.75, 3.05) is 10.9 Å². The normalized spacial score (nSPS) is 18.7. The number of aliphatic hydroxyl groups excluding tert-OH is 1. The lowest BCUT2D eigenvalue weighted by Gasteiger charge is -2.43. The van der Waals surface area contributed by atoms with Crippen molar-refractivity contribution in [2.24, 2.45) is 0 Å². The first-order valence-corrected chi connectivity index (χ1v) is 7.97. The molecule has 1 aliphatic heterocycles. The number of hydrogen-bond acceptors (Lipinski definition) is 4. The highest BCUT2D eigenvalue weighted by Gasteiger charge is 2.61. The number of nitrogens with zero attached hydrogens (tertiary/aromatic N) is 1. The van der Waals surface area contributed by atoms with E-state index in [1.165, 1.54) is 13.8 Å². The standard InChI is InChI=1S/C15H17NO4S/c1-11-7-8-12(6-4-5-9-17)13(10-11)16-14(18)15(2,3)21(16,19)20/h7-8,10,17H,5,9H2,1-3H3. The van der Waals surface area contributed by atoms with Gasteiger partial charge in [-0.15, -0.1) is 0 Å². The average Bonchev–Trinajstić information content (AvgIpc) is 2.41. The van der Waals surface area contributed by atoms with Crippen molar-refractivity contribution in [1.29, 1.82) is 0 Å². The summed E-state index contributed by atoms with van der Waals surface area (Å²) in [4.78, 5) is 12.2. The third kappa shape index (κ3) is 2.33. The number of sulfonamides is 1. The monoisotopic (exact) mass is 307 g/mol. The van der Waals surface area contributed by atoms with Crippen LogP contribution >= 0.6 is 0 Å². The number of benzene rings is 1. The van der Waals surface area contributed by atoms with Crippen molar-refractivity contribution in [2.45, 2.75) is 31.9 Å². The third-order valence-corrected chi connectivity index (χ3v) is 5.72. The van der Waals surface area contributed by atoms with Crippen LogP contribution in [-0.2, 0) is 14.8 Å². The molecule has 1 aliphatic rings. The van der Waals surface area contributed by atoms with E-state index in [1.54, 1.807) is 18.2 Å². The molecule has 1 heterocycles. The molecular formula is C15H17NO4S. The van der Waals surface area contributed by atoms with Crippen LogP contribution in [-0.4, -0.2) is 30.8 Å². The zero-order valence-electron chi connectivity index (χ0n) is 12.2. The molecule has 112 valence electrons. The predicted octanol–water partition coefficient (Wildman–Crippen LogP) is 1.18. The number of rotatable bonds is 2. The number of hydrogen-bond donors (Lipinski definition) is 1. The van der Waals surface area contributed by atoms with Crippen molar-refractivity contribution < 1.29 is 18.3 Å². The van der Waals surface area contributed by atoms with Crippen LogP contribution in [0.4, 0.5) is 5.69 Å². The highest BCUT2D eigenvalue weighted by Crippen LogP contribution is 2.40. The van der Waals surface area contributed by atoms with Gasteiger partial charge in [0.15, 0.2) is 4.75 Å². The largest absolute Gasteiger partial charge is 0.395 e. The molecule has 2 rings (SSSR count). The Bertz CT molecular complexity index is 754. The Balaban J connectivity index is 2.53. The maximum Gasteiger partial charge on any atom is 0.263 e. The van der Waals surface area contributed by atoms with E-state index in [2.05, 4.69) is 11.8 Å². The lowest BCUT2D eigenvalue weighted by Crippen LogP contribution is -2.67. The molecule has 0 spiro atoms. The Kier molecular flexibility index (Phi) is 3.83. The van der Waals surface area contributed by atoms with Gasteiger partial charge in [-0.05, 0) is 38.5 Å². The van der Waals surface area contributed by atoms with Crippen LogP contribution in [0.1, 0.15) is 31.4 Å². The molecule has 21 heavy (non-hydrogen) atoms. The van der Waals surface area contributed by atoms with Gasteiger partial charge in [-0.25, -0.2) is 12.7 Å². The molecule has 0 saturated carbocycles. The number of aryl methyl sites for hydroxylation is 1. The minimum Gasteiger partial charge on any atom is -0.395 e. The average molecular weight is 307 g/mol. The van der Waals surface area contributed by atoms with Gasteiger partial charge in [0.05, 0.1) is 12.3 Å². The van der Waals surface area contributed by atoms with Crippen molar-refractivity contribution in [1.82, 2.24) is 0 Å². The SMILES string of the molecule is Cc1ccc(C#CCCO)c(N2C(=O)C(C)(C)S2(=O)=O)c1. The molecule has 0 atom stereocenters. The Morgan fingerprint density at radius 3 is 2.57 bits per heavy atom. The van der Waals surface area contributed by atoms with E-state index in [9.17, 15) is 13.2 Å². The van der Waals surface area contributed by atoms with E-state index in [0.717, 1.165) is 9.87 Å². The van der Waals surface area contributed by atoms with Crippen LogP contribution in [0.15, 0.2) is 18.2 Å². The maximum atomic E-state index is 12.3. The van der Waals surface area contributed by atoms with Gasteiger partial charge in [0.25, 0.3) is 15.9 Å². The number of anilines is 1. The number of amides is 1. The summed E-state index contributed by atoms with van der Waals surface area (Å²) in [5, 5.41) is 8.76.